The molecule has 1 saturated carbocycles. The highest BCUT2D eigenvalue weighted by atomic mass is 32.2. The van der Waals surface area contributed by atoms with E-state index in [-0.39, 0.29) is 10.9 Å². The van der Waals surface area contributed by atoms with Crippen molar-refractivity contribution in [3.8, 4) is 0 Å². The molecule has 0 spiro atoms. The van der Waals surface area contributed by atoms with Gasteiger partial charge in [0.25, 0.3) is 0 Å². The maximum Gasteiger partial charge on any atom is 0.238 e. The molecule has 1 aromatic rings. The van der Waals surface area contributed by atoms with E-state index in [1.165, 1.54) is 6.07 Å². The van der Waals surface area contributed by atoms with Crippen LogP contribution in [0.25, 0.3) is 0 Å². The molecular weight excluding hydrogens is 248 g/mol. The van der Waals surface area contributed by atoms with Gasteiger partial charge in [0.15, 0.2) is 0 Å². The minimum absolute atomic E-state index is 0.124. The van der Waals surface area contributed by atoms with Gasteiger partial charge in [-0.3, -0.25) is 0 Å². The van der Waals surface area contributed by atoms with Gasteiger partial charge in [0.1, 0.15) is 0 Å². The van der Waals surface area contributed by atoms with Crippen molar-refractivity contribution < 1.29 is 8.42 Å². The highest BCUT2D eigenvalue weighted by molar-refractivity contribution is 7.89. The fraction of sp³-hybridized carbons (Fsp3) is 0.538. The Morgan fingerprint density at radius 2 is 2.06 bits per heavy atom. The van der Waals surface area contributed by atoms with Crippen molar-refractivity contribution in [2.24, 2.45) is 10.6 Å². The van der Waals surface area contributed by atoms with E-state index in [1.807, 2.05) is 13.0 Å². The van der Waals surface area contributed by atoms with Crippen molar-refractivity contribution in [3.05, 3.63) is 29.8 Å². The fourth-order valence-corrected chi connectivity index (χ4v) is 2.68. The van der Waals surface area contributed by atoms with Gasteiger partial charge in [0.05, 0.1) is 4.90 Å². The van der Waals surface area contributed by atoms with Gasteiger partial charge in [-0.1, -0.05) is 26.0 Å². The summed E-state index contributed by atoms with van der Waals surface area (Å²) in [5, 5.41) is 8.64. The Morgan fingerprint density at radius 1 is 1.44 bits per heavy atom. The highest BCUT2D eigenvalue weighted by Crippen LogP contribution is 2.45. The monoisotopic (exact) mass is 268 g/mol. The zero-order valence-corrected chi connectivity index (χ0v) is 11.8. The van der Waals surface area contributed by atoms with Gasteiger partial charge in [-0.05, 0) is 36.5 Å². The number of hydrogen-bond donors (Lipinski definition) is 2. The molecule has 1 aliphatic carbocycles. The van der Waals surface area contributed by atoms with Crippen molar-refractivity contribution in [3.63, 3.8) is 0 Å². The Hall–Kier alpha value is -0.910. The molecule has 100 valence electrons. The van der Waals surface area contributed by atoms with Gasteiger partial charge < -0.3 is 5.32 Å². The number of sulfonamides is 1. The van der Waals surface area contributed by atoms with E-state index in [0.29, 0.717) is 11.5 Å². The number of primary sulfonamides is 1. The maximum atomic E-state index is 11.3. The van der Waals surface area contributed by atoms with Crippen LogP contribution in [0.1, 0.15) is 38.8 Å². The standard InChI is InChI=1S/C13H20N2O2S/c1-9(15-12-8-13(12,2)3)10-5-4-6-11(7-10)18(14,16)17/h4-7,9,12,15H,8H2,1-3H3,(H2,14,16,17). The van der Waals surface area contributed by atoms with Gasteiger partial charge >= 0.3 is 0 Å². The molecule has 0 heterocycles. The summed E-state index contributed by atoms with van der Waals surface area (Å²) in [4.78, 5) is 0.170. The predicted octanol–water partition coefficient (Wildman–Crippen LogP) is 1.78. The first-order chi connectivity index (χ1) is 8.20. The summed E-state index contributed by atoms with van der Waals surface area (Å²) >= 11 is 0. The molecule has 1 aliphatic rings. The van der Waals surface area contributed by atoms with Crippen LogP contribution < -0.4 is 10.5 Å². The number of nitrogens with one attached hydrogen (secondary N) is 1. The van der Waals surface area contributed by atoms with Gasteiger partial charge in [-0.15, -0.1) is 0 Å². The zero-order chi connectivity index (χ0) is 13.6. The molecule has 0 radical (unpaired) electrons. The van der Waals surface area contributed by atoms with Crippen LogP contribution in [0.3, 0.4) is 0 Å². The van der Waals surface area contributed by atoms with Crippen LogP contribution in [0.4, 0.5) is 0 Å². The van der Waals surface area contributed by atoms with Crippen LogP contribution in [0.2, 0.25) is 0 Å². The first-order valence-electron chi connectivity index (χ1n) is 6.09. The van der Waals surface area contributed by atoms with E-state index in [2.05, 4.69) is 19.2 Å². The van der Waals surface area contributed by atoms with Crippen molar-refractivity contribution >= 4 is 10.0 Å². The predicted molar refractivity (Wildman–Crippen MR) is 71.6 cm³/mol. The van der Waals surface area contributed by atoms with Crippen molar-refractivity contribution in [2.45, 2.75) is 44.2 Å². The van der Waals surface area contributed by atoms with Crippen LogP contribution >= 0.6 is 0 Å². The van der Waals surface area contributed by atoms with E-state index in [1.54, 1.807) is 12.1 Å². The third-order valence-corrected chi connectivity index (χ3v) is 4.56. The number of nitrogens with two attached hydrogens (primary N) is 1. The molecule has 1 fully saturated rings. The van der Waals surface area contributed by atoms with E-state index in [0.717, 1.165) is 12.0 Å². The maximum absolute atomic E-state index is 11.3. The number of hydrogen-bond acceptors (Lipinski definition) is 3. The van der Waals surface area contributed by atoms with Gasteiger partial charge in [-0.2, -0.15) is 0 Å². The van der Waals surface area contributed by atoms with Crippen molar-refractivity contribution in [2.75, 3.05) is 0 Å². The first kappa shape index (κ1) is 13.5. The topological polar surface area (TPSA) is 72.2 Å². The molecule has 4 nitrogen and oxygen atoms in total. The summed E-state index contributed by atoms with van der Waals surface area (Å²) in [7, 11) is -3.62. The minimum Gasteiger partial charge on any atom is -0.307 e. The Morgan fingerprint density at radius 3 is 2.56 bits per heavy atom. The van der Waals surface area contributed by atoms with Gasteiger partial charge in [0, 0.05) is 12.1 Å². The summed E-state index contributed by atoms with van der Waals surface area (Å²) in [5.41, 5.74) is 1.30. The second-order valence-electron chi connectivity index (χ2n) is 5.75. The second-order valence-corrected chi connectivity index (χ2v) is 7.31. The number of rotatable bonds is 4. The summed E-state index contributed by atoms with van der Waals surface area (Å²) in [6, 6.07) is 7.44. The third kappa shape index (κ3) is 2.91. The van der Waals surface area contributed by atoms with E-state index in [4.69, 9.17) is 5.14 Å². The molecule has 0 saturated heterocycles. The quantitative estimate of drug-likeness (QED) is 0.874. The van der Waals surface area contributed by atoms with Crippen LogP contribution in [0.15, 0.2) is 29.2 Å². The van der Waals surface area contributed by atoms with Crippen LogP contribution in [0.5, 0.6) is 0 Å². The van der Waals surface area contributed by atoms with E-state index in [9.17, 15) is 8.42 Å². The molecule has 2 atom stereocenters. The zero-order valence-electron chi connectivity index (χ0n) is 11.0. The molecule has 0 aromatic heterocycles. The van der Waals surface area contributed by atoms with Gasteiger partial charge in [0.2, 0.25) is 10.0 Å². The smallest absolute Gasteiger partial charge is 0.238 e. The first-order valence-corrected chi connectivity index (χ1v) is 7.63. The van der Waals surface area contributed by atoms with Crippen molar-refractivity contribution in [1.82, 2.24) is 5.32 Å². The molecule has 0 amide bonds. The summed E-state index contributed by atoms with van der Waals surface area (Å²) < 4.78 is 22.6. The molecular formula is C13H20N2O2S. The fourth-order valence-electron chi connectivity index (χ4n) is 2.11. The SMILES string of the molecule is CC(NC1CC1(C)C)c1cccc(S(N)(=O)=O)c1. The van der Waals surface area contributed by atoms with Gasteiger partial charge in [-0.25, -0.2) is 13.6 Å². The Balaban J connectivity index is 2.14. The summed E-state index contributed by atoms with van der Waals surface area (Å²) in [6.45, 7) is 6.48. The van der Waals surface area contributed by atoms with Crippen LogP contribution in [-0.4, -0.2) is 14.5 Å². The molecule has 1 aromatic carbocycles. The normalized spacial score (nSPS) is 23.7. The van der Waals surface area contributed by atoms with Crippen molar-refractivity contribution in [1.29, 1.82) is 0 Å². The lowest BCUT2D eigenvalue weighted by Crippen LogP contribution is -2.24. The van der Waals surface area contributed by atoms with E-state index < -0.39 is 10.0 Å². The average Bonchev–Trinajstić information content (AvgIpc) is 2.85. The molecule has 2 rings (SSSR count). The Bertz CT molecular complexity index is 552. The van der Waals surface area contributed by atoms with Crippen LogP contribution in [0, 0.1) is 5.41 Å². The average molecular weight is 268 g/mol. The minimum atomic E-state index is -3.62. The largest absolute Gasteiger partial charge is 0.307 e. The lowest BCUT2D eigenvalue weighted by Gasteiger charge is -2.16. The third-order valence-electron chi connectivity index (χ3n) is 3.65. The molecule has 5 heteroatoms. The summed E-state index contributed by atoms with van der Waals surface area (Å²) in [6.07, 6.45) is 1.16. The van der Waals surface area contributed by atoms with Crippen LogP contribution in [-0.2, 0) is 10.0 Å². The molecule has 2 unspecified atom stereocenters. The lowest BCUT2D eigenvalue weighted by molar-refractivity contribution is 0.491. The van der Waals surface area contributed by atoms with E-state index >= 15 is 0 Å². The Kier molecular flexibility index (Phi) is 3.25. The Labute approximate surface area is 109 Å². The second kappa shape index (κ2) is 4.33. The lowest BCUT2D eigenvalue weighted by atomic mass is 10.1. The number of benzene rings is 1. The molecule has 0 bridgehead atoms. The highest BCUT2D eigenvalue weighted by Gasteiger charge is 2.45. The summed E-state index contributed by atoms with van der Waals surface area (Å²) in [5.74, 6) is 0. The molecule has 0 aliphatic heterocycles. The molecule has 18 heavy (non-hydrogen) atoms. The molecule has 3 N–H and O–H groups in total.